The number of nitrogens with two attached hydrogens (primary N) is 1. The van der Waals surface area contributed by atoms with Crippen molar-refractivity contribution in [2.45, 2.75) is 6.92 Å². The Morgan fingerprint density at radius 2 is 1.96 bits per heavy atom. The van der Waals surface area contributed by atoms with Crippen molar-refractivity contribution in [1.29, 1.82) is 0 Å². The second-order valence-corrected chi connectivity index (χ2v) is 6.09. The molecule has 3 aromatic rings. The molecule has 0 fully saturated rings. The van der Waals surface area contributed by atoms with Crippen molar-refractivity contribution in [1.82, 2.24) is 15.0 Å². The third-order valence-electron chi connectivity index (χ3n) is 3.66. The Hall–Kier alpha value is -3.39. The predicted octanol–water partition coefficient (Wildman–Crippen LogP) is 2.35. The van der Waals surface area contributed by atoms with Gasteiger partial charge in [0, 0.05) is 10.7 Å². The third kappa shape index (κ3) is 4.42. The first kappa shape index (κ1) is 18.4. The zero-order valence-electron chi connectivity index (χ0n) is 14.3. The first-order valence-corrected chi connectivity index (χ1v) is 8.32. The van der Waals surface area contributed by atoms with Crippen molar-refractivity contribution in [3.05, 3.63) is 64.9 Å². The quantitative estimate of drug-likeness (QED) is 0.676. The lowest BCUT2D eigenvalue weighted by molar-refractivity contribution is -0.119. The minimum atomic E-state index is -0.564. The van der Waals surface area contributed by atoms with Crippen LogP contribution in [0.25, 0.3) is 5.69 Å². The van der Waals surface area contributed by atoms with Crippen molar-refractivity contribution in [2.24, 2.45) is 5.73 Å². The van der Waals surface area contributed by atoms with Crippen LogP contribution in [0.4, 0.5) is 5.69 Å². The molecule has 2 aromatic carbocycles. The summed E-state index contributed by atoms with van der Waals surface area (Å²) in [6.07, 6.45) is 0. The monoisotopic (exact) mass is 385 g/mol. The second kappa shape index (κ2) is 7.88. The standard InChI is InChI=1S/C18H16ClN5O3/c1-11-17(22-23-24(11)14-4-2-3-12(19)9-14)18(26)21-13-5-7-15(8-6-13)27-10-16(20)25/h2-9H,10H2,1H3,(H2,20,25)(H,21,26). The van der Waals surface area contributed by atoms with Crippen molar-refractivity contribution < 1.29 is 14.3 Å². The first-order chi connectivity index (χ1) is 12.9. The molecule has 0 atom stereocenters. The van der Waals surface area contributed by atoms with Gasteiger partial charge in [-0.2, -0.15) is 0 Å². The van der Waals surface area contributed by atoms with Crippen LogP contribution in [0.5, 0.6) is 5.75 Å². The summed E-state index contributed by atoms with van der Waals surface area (Å²) < 4.78 is 6.71. The number of benzene rings is 2. The van der Waals surface area contributed by atoms with Gasteiger partial charge in [0.05, 0.1) is 11.4 Å². The summed E-state index contributed by atoms with van der Waals surface area (Å²) in [6, 6.07) is 13.6. The normalized spacial score (nSPS) is 10.4. The number of nitrogens with one attached hydrogen (secondary N) is 1. The molecule has 1 heterocycles. The van der Waals surface area contributed by atoms with E-state index < -0.39 is 11.8 Å². The van der Waals surface area contributed by atoms with Crippen LogP contribution < -0.4 is 15.8 Å². The van der Waals surface area contributed by atoms with Gasteiger partial charge in [-0.3, -0.25) is 9.59 Å². The van der Waals surface area contributed by atoms with Gasteiger partial charge in [0.1, 0.15) is 5.75 Å². The van der Waals surface area contributed by atoms with Crippen molar-refractivity contribution in [2.75, 3.05) is 11.9 Å². The van der Waals surface area contributed by atoms with Gasteiger partial charge in [-0.15, -0.1) is 5.10 Å². The minimum Gasteiger partial charge on any atom is -0.484 e. The molecule has 0 saturated heterocycles. The summed E-state index contributed by atoms with van der Waals surface area (Å²) in [4.78, 5) is 23.2. The van der Waals surface area contributed by atoms with Crippen LogP contribution in [0.15, 0.2) is 48.5 Å². The van der Waals surface area contributed by atoms with E-state index in [1.807, 2.05) is 6.07 Å². The number of hydrogen-bond donors (Lipinski definition) is 2. The van der Waals surface area contributed by atoms with Gasteiger partial charge in [0.15, 0.2) is 12.3 Å². The molecule has 0 unspecified atom stereocenters. The summed E-state index contributed by atoms with van der Waals surface area (Å²) in [7, 11) is 0. The highest BCUT2D eigenvalue weighted by Crippen LogP contribution is 2.19. The Bertz CT molecular complexity index is 985. The van der Waals surface area contributed by atoms with Gasteiger partial charge in [-0.1, -0.05) is 22.9 Å². The number of hydrogen-bond acceptors (Lipinski definition) is 5. The molecule has 0 bridgehead atoms. The molecule has 3 rings (SSSR count). The number of ether oxygens (including phenoxy) is 1. The SMILES string of the molecule is Cc1c(C(=O)Nc2ccc(OCC(N)=O)cc2)nnn1-c1cccc(Cl)c1. The number of primary amides is 1. The molecule has 8 nitrogen and oxygen atoms in total. The topological polar surface area (TPSA) is 112 Å². The Morgan fingerprint density at radius 3 is 2.63 bits per heavy atom. The molecule has 3 N–H and O–H groups in total. The molecular weight excluding hydrogens is 370 g/mol. The lowest BCUT2D eigenvalue weighted by atomic mass is 10.2. The van der Waals surface area contributed by atoms with Crippen molar-refractivity contribution in [3.63, 3.8) is 0 Å². The number of halogens is 1. The highest BCUT2D eigenvalue weighted by atomic mass is 35.5. The third-order valence-corrected chi connectivity index (χ3v) is 3.89. The fourth-order valence-corrected chi connectivity index (χ4v) is 2.56. The molecule has 2 amide bonds. The van der Waals surface area contributed by atoms with E-state index in [-0.39, 0.29) is 12.3 Å². The highest BCUT2D eigenvalue weighted by Gasteiger charge is 2.17. The maximum absolute atomic E-state index is 12.5. The number of carbonyl (C=O) groups excluding carboxylic acids is 2. The number of aromatic nitrogens is 3. The first-order valence-electron chi connectivity index (χ1n) is 7.95. The van der Waals surface area contributed by atoms with Crippen LogP contribution in [0.1, 0.15) is 16.2 Å². The molecule has 0 aliphatic rings. The largest absolute Gasteiger partial charge is 0.484 e. The summed E-state index contributed by atoms with van der Waals surface area (Å²) in [5.41, 5.74) is 7.06. The van der Waals surface area contributed by atoms with Gasteiger partial charge >= 0.3 is 0 Å². The Balaban J connectivity index is 1.72. The molecule has 0 radical (unpaired) electrons. The van der Waals surface area contributed by atoms with Crippen LogP contribution in [0, 0.1) is 6.92 Å². The molecule has 0 aliphatic heterocycles. The number of nitrogens with zero attached hydrogens (tertiary/aromatic N) is 3. The van der Waals surface area contributed by atoms with E-state index in [4.69, 9.17) is 22.1 Å². The Labute approximate surface area is 159 Å². The van der Waals surface area contributed by atoms with Gasteiger partial charge < -0.3 is 15.8 Å². The van der Waals surface area contributed by atoms with E-state index in [2.05, 4.69) is 15.6 Å². The number of anilines is 1. The second-order valence-electron chi connectivity index (χ2n) is 5.65. The van der Waals surface area contributed by atoms with Crippen LogP contribution >= 0.6 is 11.6 Å². The zero-order valence-corrected chi connectivity index (χ0v) is 15.1. The fraction of sp³-hybridized carbons (Fsp3) is 0.111. The smallest absolute Gasteiger partial charge is 0.278 e. The molecule has 27 heavy (non-hydrogen) atoms. The Kier molecular flexibility index (Phi) is 5.37. The van der Waals surface area contributed by atoms with Crippen LogP contribution in [-0.4, -0.2) is 33.4 Å². The van der Waals surface area contributed by atoms with Crippen molar-refractivity contribution >= 4 is 29.1 Å². The molecular formula is C18H16ClN5O3. The molecule has 9 heteroatoms. The molecule has 138 valence electrons. The van der Waals surface area contributed by atoms with Gasteiger partial charge in [0.2, 0.25) is 0 Å². The van der Waals surface area contributed by atoms with E-state index in [0.717, 1.165) is 0 Å². The predicted molar refractivity (Wildman–Crippen MR) is 100 cm³/mol. The van der Waals surface area contributed by atoms with E-state index in [1.165, 1.54) is 0 Å². The van der Waals surface area contributed by atoms with E-state index in [1.54, 1.807) is 54.1 Å². The number of carbonyl (C=O) groups is 2. The van der Waals surface area contributed by atoms with Crippen LogP contribution in [0.2, 0.25) is 5.02 Å². The average molecular weight is 386 g/mol. The lowest BCUT2D eigenvalue weighted by Crippen LogP contribution is -2.20. The van der Waals surface area contributed by atoms with Crippen LogP contribution in [-0.2, 0) is 4.79 Å². The molecule has 0 aliphatic carbocycles. The molecule has 0 spiro atoms. The van der Waals surface area contributed by atoms with Gasteiger partial charge in [0.25, 0.3) is 11.8 Å². The summed E-state index contributed by atoms with van der Waals surface area (Å²) >= 11 is 6.00. The zero-order chi connectivity index (χ0) is 19.4. The summed E-state index contributed by atoms with van der Waals surface area (Å²) in [5, 5.41) is 11.3. The lowest BCUT2D eigenvalue weighted by Gasteiger charge is -2.07. The van der Waals surface area contributed by atoms with E-state index >= 15 is 0 Å². The number of rotatable bonds is 6. The molecule has 1 aromatic heterocycles. The summed E-state index contributed by atoms with van der Waals surface area (Å²) in [5.74, 6) is -0.493. The maximum Gasteiger partial charge on any atom is 0.278 e. The van der Waals surface area contributed by atoms with Crippen molar-refractivity contribution in [3.8, 4) is 11.4 Å². The average Bonchev–Trinajstić information content (AvgIpc) is 3.02. The molecule has 0 saturated carbocycles. The van der Waals surface area contributed by atoms with Gasteiger partial charge in [-0.05, 0) is 49.4 Å². The Morgan fingerprint density at radius 1 is 1.22 bits per heavy atom. The van der Waals surface area contributed by atoms with Gasteiger partial charge in [-0.25, -0.2) is 4.68 Å². The highest BCUT2D eigenvalue weighted by molar-refractivity contribution is 6.30. The summed E-state index contributed by atoms with van der Waals surface area (Å²) in [6.45, 7) is 1.54. The maximum atomic E-state index is 12.5. The fourth-order valence-electron chi connectivity index (χ4n) is 2.37. The van der Waals surface area contributed by atoms with E-state index in [0.29, 0.717) is 27.8 Å². The van der Waals surface area contributed by atoms with E-state index in [9.17, 15) is 9.59 Å². The van der Waals surface area contributed by atoms with Crippen LogP contribution in [0.3, 0.4) is 0 Å². The minimum absolute atomic E-state index is 0.198. The number of amides is 2.